The standard InChI is InChI=1S/C20H30N2O7S2/c1-4-9-31(27,28)21-8-5-6-18(21)20(24)29-12-19(23)17-11-14(2)22(15(17)3)16-7-10-30(25,26)13-16/h11,16,18H,4-10,12-13H2,1-3H3. The van der Waals surface area contributed by atoms with Crippen LogP contribution >= 0.6 is 0 Å². The van der Waals surface area contributed by atoms with Crippen LogP contribution in [0.5, 0.6) is 0 Å². The number of esters is 1. The molecule has 9 nitrogen and oxygen atoms in total. The number of aromatic nitrogens is 1. The van der Waals surface area contributed by atoms with Crippen LogP contribution in [0.2, 0.25) is 0 Å². The Hall–Kier alpha value is -1.72. The highest BCUT2D eigenvalue weighted by Crippen LogP contribution is 2.29. The molecule has 1 aromatic rings. The first kappa shape index (κ1) is 23.9. The van der Waals surface area contributed by atoms with Gasteiger partial charge in [0.15, 0.2) is 16.4 Å². The molecule has 3 rings (SSSR count). The zero-order valence-corrected chi connectivity index (χ0v) is 19.8. The van der Waals surface area contributed by atoms with Crippen molar-refractivity contribution >= 4 is 31.6 Å². The van der Waals surface area contributed by atoms with Gasteiger partial charge in [0.2, 0.25) is 15.8 Å². The van der Waals surface area contributed by atoms with E-state index < -0.39 is 44.3 Å². The number of sulfonamides is 1. The van der Waals surface area contributed by atoms with Gasteiger partial charge in [0.25, 0.3) is 0 Å². The van der Waals surface area contributed by atoms with Crippen LogP contribution in [-0.4, -0.2) is 73.9 Å². The SMILES string of the molecule is CCCS(=O)(=O)N1CCCC1C(=O)OCC(=O)c1cc(C)n(C2CCS(=O)(=O)C2)c1C. The highest BCUT2D eigenvalue weighted by Gasteiger charge is 2.39. The van der Waals surface area contributed by atoms with E-state index in [-0.39, 0.29) is 29.8 Å². The van der Waals surface area contributed by atoms with Crippen molar-refractivity contribution in [3.05, 3.63) is 23.0 Å². The molecule has 2 atom stereocenters. The summed E-state index contributed by atoms with van der Waals surface area (Å²) >= 11 is 0. The van der Waals surface area contributed by atoms with E-state index in [1.165, 1.54) is 4.31 Å². The average Bonchev–Trinajstić information content (AvgIpc) is 3.37. The van der Waals surface area contributed by atoms with E-state index in [4.69, 9.17) is 4.74 Å². The minimum absolute atomic E-state index is 0.0292. The summed E-state index contributed by atoms with van der Waals surface area (Å²) in [4.78, 5) is 25.3. The summed E-state index contributed by atoms with van der Waals surface area (Å²) in [6.45, 7) is 5.13. The van der Waals surface area contributed by atoms with Gasteiger partial charge >= 0.3 is 5.97 Å². The van der Waals surface area contributed by atoms with Gasteiger partial charge in [-0.2, -0.15) is 4.31 Å². The molecule has 1 aromatic heterocycles. The number of hydrogen-bond acceptors (Lipinski definition) is 7. The Labute approximate surface area is 183 Å². The number of carbonyl (C=O) groups excluding carboxylic acids is 2. The molecule has 11 heteroatoms. The maximum atomic E-state index is 12.7. The van der Waals surface area contributed by atoms with Gasteiger partial charge in [0.1, 0.15) is 6.04 Å². The van der Waals surface area contributed by atoms with E-state index in [0.29, 0.717) is 36.9 Å². The number of rotatable bonds is 8. The molecule has 0 radical (unpaired) electrons. The first-order valence-electron chi connectivity index (χ1n) is 10.5. The Bertz CT molecular complexity index is 1070. The smallest absolute Gasteiger partial charge is 0.324 e. The molecule has 3 heterocycles. The van der Waals surface area contributed by atoms with Crippen molar-refractivity contribution in [1.29, 1.82) is 0 Å². The second-order valence-corrected chi connectivity index (χ2v) is 12.6. The van der Waals surface area contributed by atoms with Gasteiger partial charge in [0, 0.05) is 29.5 Å². The fourth-order valence-electron chi connectivity index (χ4n) is 4.59. The van der Waals surface area contributed by atoms with Crippen LogP contribution in [0.25, 0.3) is 0 Å². The van der Waals surface area contributed by atoms with Crippen LogP contribution < -0.4 is 0 Å². The van der Waals surface area contributed by atoms with Crippen molar-refractivity contribution in [1.82, 2.24) is 8.87 Å². The van der Waals surface area contributed by atoms with Crippen LogP contribution in [-0.2, 0) is 29.4 Å². The lowest BCUT2D eigenvalue weighted by Gasteiger charge is -2.22. The Morgan fingerprint density at radius 3 is 2.55 bits per heavy atom. The quantitative estimate of drug-likeness (QED) is 0.412. The van der Waals surface area contributed by atoms with Crippen LogP contribution in [0.15, 0.2) is 6.07 Å². The van der Waals surface area contributed by atoms with Crippen LogP contribution in [0.1, 0.15) is 60.4 Å². The lowest BCUT2D eigenvalue weighted by Crippen LogP contribution is -2.42. The summed E-state index contributed by atoms with van der Waals surface area (Å²) in [5.41, 5.74) is 1.81. The van der Waals surface area contributed by atoms with E-state index in [2.05, 4.69) is 0 Å². The highest BCUT2D eigenvalue weighted by molar-refractivity contribution is 7.91. The maximum Gasteiger partial charge on any atom is 0.324 e. The molecule has 0 spiro atoms. The normalized spacial score (nSPS) is 23.8. The molecule has 0 aliphatic carbocycles. The molecule has 174 valence electrons. The average molecular weight is 475 g/mol. The van der Waals surface area contributed by atoms with Gasteiger partial charge in [-0.1, -0.05) is 6.92 Å². The number of ether oxygens (including phenoxy) is 1. The number of aryl methyl sites for hydroxylation is 1. The predicted molar refractivity (Wildman–Crippen MR) is 115 cm³/mol. The Morgan fingerprint density at radius 2 is 1.94 bits per heavy atom. The molecule has 0 aromatic carbocycles. The third kappa shape index (κ3) is 5.04. The van der Waals surface area contributed by atoms with Crippen molar-refractivity contribution in [2.75, 3.05) is 30.4 Å². The summed E-state index contributed by atoms with van der Waals surface area (Å²) in [5.74, 6) is -0.946. The summed E-state index contributed by atoms with van der Waals surface area (Å²) in [5, 5.41) is 0. The largest absolute Gasteiger partial charge is 0.456 e. The van der Waals surface area contributed by atoms with Gasteiger partial charge in [-0.15, -0.1) is 0 Å². The van der Waals surface area contributed by atoms with Crippen molar-refractivity contribution in [3.8, 4) is 0 Å². The minimum Gasteiger partial charge on any atom is -0.456 e. The van der Waals surface area contributed by atoms with Crippen molar-refractivity contribution in [3.63, 3.8) is 0 Å². The molecular weight excluding hydrogens is 444 g/mol. The van der Waals surface area contributed by atoms with Crippen LogP contribution in [0.3, 0.4) is 0 Å². The summed E-state index contributed by atoms with van der Waals surface area (Å²) < 4.78 is 56.7. The lowest BCUT2D eigenvalue weighted by atomic mass is 10.1. The summed E-state index contributed by atoms with van der Waals surface area (Å²) in [6, 6.07) is 0.592. The number of hydrogen-bond donors (Lipinski definition) is 0. The fourth-order valence-corrected chi connectivity index (χ4v) is 8.03. The number of sulfone groups is 1. The van der Waals surface area contributed by atoms with Gasteiger partial charge in [-0.3, -0.25) is 9.59 Å². The lowest BCUT2D eigenvalue weighted by molar-refractivity contribution is -0.146. The minimum atomic E-state index is -3.53. The maximum absolute atomic E-state index is 12.7. The van der Waals surface area contributed by atoms with E-state index in [1.54, 1.807) is 19.9 Å². The second-order valence-electron chi connectivity index (χ2n) is 8.33. The van der Waals surface area contributed by atoms with E-state index in [9.17, 15) is 26.4 Å². The molecule has 2 saturated heterocycles. The zero-order chi connectivity index (χ0) is 23.0. The third-order valence-electron chi connectivity index (χ3n) is 6.00. The van der Waals surface area contributed by atoms with Gasteiger partial charge in [-0.05, 0) is 45.6 Å². The first-order chi connectivity index (χ1) is 14.5. The van der Waals surface area contributed by atoms with Crippen LogP contribution in [0.4, 0.5) is 0 Å². The zero-order valence-electron chi connectivity index (χ0n) is 18.2. The molecule has 2 aliphatic rings. The molecule has 31 heavy (non-hydrogen) atoms. The number of ketones is 1. The van der Waals surface area contributed by atoms with Gasteiger partial charge in [0.05, 0.1) is 17.3 Å². The molecular formula is C20H30N2O7S2. The highest BCUT2D eigenvalue weighted by atomic mass is 32.2. The summed E-state index contributed by atoms with van der Waals surface area (Å²) in [7, 11) is -6.60. The van der Waals surface area contributed by atoms with Crippen molar-refractivity contribution in [2.24, 2.45) is 0 Å². The molecule has 2 aliphatic heterocycles. The Morgan fingerprint density at radius 1 is 1.23 bits per heavy atom. The van der Waals surface area contributed by atoms with Crippen molar-refractivity contribution in [2.45, 2.75) is 58.5 Å². The van der Waals surface area contributed by atoms with E-state index >= 15 is 0 Å². The molecule has 2 fully saturated rings. The van der Waals surface area contributed by atoms with Gasteiger partial charge in [-0.25, -0.2) is 16.8 Å². The topological polar surface area (TPSA) is 120 Å². The summed E-state index contributed by atoms with van der Waals surface area (Å²) in [6.07, 6.45) is 1.91. The van der Waals surface area contributed by atoms with Crippen molar-refractivity contribution < 1.29 is 31.2 Å². The number of nitrogens with zero attached hydrogens (tertiary/aromatic N) is 2. The third-order valence-corrected chi connectivity index (χ3v) is 9.83. The first-order valence-corrected chi connectivity index (χ1v) is 14.0. The Balaban J connectivity index is 1.67. The molecule has 2 unspecified atom stereocenters. The van der Waals surface area contributed by atoms with E-state index in [0.717, 1.165) is 5.69 Å². The molecule has 0 N–H and O–H groups in total. The predicted octanol–water partition coefficient (Wildman–Crippen LogP) is 1.39. The van der Waals surface area contributed by atoms with E-state index in [1.807, 2.05) is 11.5 Å². The monoisotopic (exact) mass is 474 g/mol. The fraction of sp³-hybridized carbons (Fsp3) is 0.700. The molecule has 0 bridgehead atoms. The molecule has 0 amide bonds. The second kappa shape index (κ2) is 9.03. The van der Waals surface area contributed by atoms with Gasteiger partial charge < -0.3 is 9.30 Å². The number of Topliss-reactive ketones (excluding diaryl/α,β-unsaturated/α-hetero) is 1. The Kier molecular flexibility index (Phi) is 6.97. The van der Waals surface area contributed by atoms with Crippen LogP contribution in [0, 0.1) is 13.8 Å². The molecule has 0 saturated carbocycles. The number of carbonyl (C=O) groups is 2.